The number of rotatable bonds is 7. The Morgan fingerprint density at radius 2 is 1.65 bits per heavy atom. The lowest BCUT2D eigenvalue weighted by atomic mass is 10.1. The van der Waals surface area contributed by atoms with Gasteiger partial charge in [-0.1, -0.05) is 17.3 Å². The number of fused-ring (bicyclic) bond motifs is 3. The molecule has 0 aliphatic heterocycles. The molecule has 3 heterocycles. The molecule has 3 aromatic carbocycles. The van der Waals surface area contributed by atoms with Crippen LogP contribution in [0.5, 0.6) is 11.5 Å². The van der Waals surface area contributed by atoms with E-state index in [2.05, 4.69) is 20.3 Å². The van der Waals surface area contributed by atoms with Crippen LogP contribution in [-0.2, 0) is 0 Å². The molecule has 7 N–H and O–H groups in total. The highest BCUT2D eigenvalue weighted by Gasteiger charge is 2.14. The largest absolute Gasteiger partial charge is 0.507 e. The zero-order chi connectivity index (χ0) is 30.2. The number of pyridine rings is 2. The lowest BCUT2D eigenvalue weighted by Crippen LogP contribution is -2.25. The number of carbonyl (C=O) groups excluding carboxylic acids is 1. The number of hydrogen-bond donors (Lipinski definition) is 5. The number of phenols is 2. The number of carboxylic acids is 1. The van der Waals surface area contributed by atoms with Crippen molar-refractivity contribution in [1.29, 1.82) is 0 Å². The highest BCUT2D eigenvalue weighted by atomic mass is 16.4. The van der Waals surface area contributed by atoms with E-state index < -0.39 is 11.7 Å². The van der Waals surface area contributed by atoms with Crippen LogP contribution in [0.1, 0.15) is 26.3 Å². The van der Waals surface area contributed by atoms with E-state index in [4.69, 9.17) is 16.7 Å². The summed E-state index contributed by atoms with van der Waals surface area (Å²) in [6.45, 7) is 0. The van der Waals surface area contributed by atoms with E-state index in [0.717, 1.165) is 16.3 Å². The first-order valence-electron chi connectivity index (χ1n) is 12.7. The first-order valence-corrected chi connectivity index (χ1v) is 12.7. The number of carboxylic acid groups (broad SMARTS) is 1. The number of aldehydes is 1. The minimum absolute atomic E-state index is 0.148. The third-order valence-electron chi connectivity index (χ3n) is 6.82. The quantitative estimate of drug-likeness (QED) is 0.0802. The second-order valence-electron chi connectivity index (χ2n) is 9.56. The molecular formula is C30H22N8O5. The third-order valence-corrected chi connectivity index (χ3v) is 6.82. The molecule has 13 nitrogen and oxygen atoms in total. The number of carbonyl (C=O) groups is 2. The first-order chi connectivity index (χ1) is 20.7. The standard InChI is InChI=1S/C30H22N8O5/c31-24(13-37(32)21-5-6-23(30(42)43)27(41)9-21)19-7-16-1-2-17-8-20(12-34-29(17)28(16)33-11-19)25-14-38(36-35-25)22-4-3-18(15-39)26(40)10-22/h1-15,40-41H,31-32H2,(H,42,43)/b24-13-. The average molecular weight is 575 g/mol. The van der Waals surface area contributed by atoms with Gasteiger partial charge in [-0.2, -0.15) is 0 Å². The Kier molecular flexibility index (Phi) is 6.60. The van der Waals surface area contributed by atoms with Gasteiger partial charge in [0.05, 0.1) is 39.9 Å². The maximum Gasteiger partial charge on any atom is 0.339 e. The number of aromatic carboxylic acids is 1. The molecule has 0 saturated heterocycles. The molecule has 212 valence electrons. The van der Waals surface area contributed by atoms with Crippen molar-refractivity contribution in [2.45, 2.75) is 0 Å². The monoisotopic (exact) mass is 574 g/mol. The van der Waals surface area contributed by atoms with Crippen molar-refractivity contribution >= 4 is 45.4 Å². The molecule has 0 radical (unpaired) electrons. The van der Waals surface area contributed by atoms with Crippen molar-refractivity contribution in [2.24, 2.45) is 11.6 Å². The van der Waals surface area contributed by atoms with E-state index in [1.54, 1.807) is 24.7 Å². The van der Waals surface area contributed by atoms with Gasteiger partial charge in [-0.05, 0) is 36.4 Å². The zero-order valence-electron chi connectivity index (χ0n) is 22.2. The first kappa shape index (κ1) is 26.9. The number of benzene rings is 3. The molecule has 43 heavy (non-hydrogen) atoms. The summed E-state index contributed by atoms with van der Waals surface area (Å²) in [5.41, 5.74) is 10.6. The number of hydrazine groups is 1. The number of aromatic hydroxyl groups is 2. The van der Waals surface area contributed by atoms with Crippen molar-refractivity contribution < 1.29 is 24.9 Å². The van der Waals surface area contributed by atoms with Gasteiger partial charge in [-0.3, -0.25) is 19.8 Å². The molecule has 0 saturated carbocycles. The molecule has 0 aliphatic rings. The van der Waals surface area contributed by atoms with Gasteiger partial charge in [0.2, 0.25) is 0 Å². The summed E-state index contributed by atoms with van der Waals surface area (Å²) in [4.78, 5) is 31.4. The Morgan fingerprint density at radius 3 is 2.35 bits per heavy atom. The second-order valence-corrected chi connectivity index (χ2v) is 9.56. The molecular weight excluding hydrogens is 552 g/mol. The highest BCUT2D eigenvalue weighted by Crippen LogP contribution is 2.29. The number of anilines is 1. The summed E-state index contributed by atoms with van der Waals surface area (Å²) in [6.07, 6.45) is 6.98. The number of aromatic nitrogens is 5. The van der Waals surface area contributed by atoms with Crippen LogP contribution < -0.4 is 16.6 Å². The molecule has 0 unspecified atom stereocenters. The van der Waals surface area contributed by atoms with Crippen LogP contribution in [0, 0.1) is 0 Å². The van der Waals surface area contributed by atoms with Gasteiger partial charge in [0.15, 0.2) is 6.29 Å². The Bertz CT molecular complexity index is 2110. The lowest BCUT2D eigenvalue weighted by Gasteiger charge is -2.16. The zero-order valence-corrected chi connectivity index (χ0v) is 22.2. The number of nitrogens with two attached hydrogens (primary N) is 2. The molecule has 0 fully saturated rings. The lowest BCUT2D eigenvalue weighted by molar-refractivity contribution is 0.0693. The van der Waals surface area contributed by atoms with Gasteiger partial charge in [0.25, 0.3) is 0 Å². The molecule has 0 amide bonds. The van der Waals surface area contributed by atoms with Gasteiger partial charge >= 0.3 is 5.97 Å². The summed E-state index contributed by atoms with van der Waals surface area (Å²) in [5, 5.41) is 40.2. The van der Waals surface area contributed by atoms with Crippen LogP contribution in [0.2, 0.25) is 0 Å². The van der Waals surface area contributed by atoms with Crippen LogP contribution >= 0.6 is 0 Å². The normalized spacial score (nSPS) is 11.6. The van der Waals surface area contributed by atoms with Crippen LogP contribution in [0.25, 0.3) is 44.4 Å². The van der Waals surface area contributed by atoms with Crippen molar-refractivity contribution in [2.75, 3.05) is 5.01 Å². The third kappa shape index (κ3) is 5.03. The summed E-state index contributed by atoms with van der Waals surface area (Å²) in [6, 6.07) is 16.1. The predicted molar refractivity (Wildman–Crippen MR) is 158 cm³/mol. The molecule has 6 rings (SSSR count). The van der Waals surface area contributed by atoms with Crippen LogP contribution in [0.4, 0.5) is 5.69 Å². The van der Waals surface area contributed by atoms with Crippen LogP contribution in [-0.4, -0.2) is 52.5 Å². The van der Waals surface area contributed by atoms with Gasteiger partial charge in [-0.15, -0.1) is 5.10 Å². The molecule has 0 spiro atoms. The van der Waals surface area contributed by atoms with E-state index in [0.29, 0.717) is 45.6 Å². The molecule has 0 bridgehead atoms. The van der Waals surface area contributed by atoms with Crippen molar-refractivity contribution in [3.05, 3.63) is 102 Å². The molecule has 3 aromatic heterocycles. The van der Waals surface area contributed by atoms with E-state index in [1.165, 1.54) is 46.2 Å². The summed E-state index contributed by atoms with van der Waals surface area (Å²) in [7, 11) is 0. The van der Waals surface area contributed by atoms with E-state index >= 15 is 0 Å². The van der Waals surface area contributed by atoms with Crippen molar-refractivity contribution in [3.8, 4) is 28.4 Å². The Labute approximate surface area is 242 Å². The number of hydrogen-bond acceptors (Lipinski definition) is 11. The molecule has 13 heteroatoms. The van der Waals surface area contributed by atoms with Crippen LogP contribution in [0.15, 0.2) is 85.5 Å². The summed E-state index contributed by atoms with van der Waals surface area (Å²) < 4.78 is 1.49. The number of phenolic OH excluding ortho intramolecular Hbond substituents is 1. The fourth-order valence-corrected chi connectivity index (χ4v) is 4.55. The fraction of sp³-hybridized carbons (Fsp3) is 0. The van der Waals surface area contributed by atoms with Crippen LogP contribution in [0.3, 0.4) is 0 Å². The van der Waals surface area contributed by atoms with E-state index in [1.807, 2.05) is 24.3 Å². The smallest absolute Gasteiger partial charge is 0.339 e. The minimum atomic E-state index is -1.25. The molecule has 0 aliphatic carbocycles. The SMILES string of the molecule is N/C(=C\N(N)c1ccc(C(=O)O)c(O)c1)c1cnc2c(ccc3cc(-c4cn(-c5ccc(C=O)c(O)c5)nn4)cnc32)c1. The number of nitrogens with zero attached hydrogens (tertiary/aromatic N) is 6. The van der Waals surface area contributed by atoms with Gasteiger partial charge in [-0.25, -0.2) is 15.3 Å². The second kappa shape index (κ2) is 10.6. The van der Waals surface area contributed by atoms with Gasteiger partial charge < -0.3 is 21.1 Å². The topological polar surface area (TPSA) is 207 Å². The average Bonchev–Trinajstić information content (AvgIpc) is 3.50. The van der Waals surface area contributed by atoms with E-state index in [9.17, 15) is 19.8 Å². The Morgan fingerprint density at radius 1 is 0.907 bits per heavy atom. The summed E-state index contributed by atoms with van der Waals surface area (Å²) in [5.74, 6) is 4.26. The van der Waals surface area contributed by atoms with Crippen molar-refractivity contribution in [3.63, 3.8) is 0 Å². The molecule has 0 atom stereocenters. The minimum Gasteiger partial charge on any atom is -0.507 e. The van der Waals surface area contributed by atoms with E-state index in [-0.39, 0.29) is 16.9 Å². The fourth-order valence-electron chi connectivity index (χ4n) is 4.55. The Balaban J connectivity index is 1.27. The summed E-state index contributed by atoms with van der Waals surface area (Å²) >= 11 is 0. The van der Waals surface area contributed by atoms with Crippen molar-refractivity contribution in [1.82, 2.24) is 25.0 Å². The maximum atomic E-state index is 11.1. The Hall–Kier alpha value is -6.34. The highest BCUT2D eigenvalue weighted by molar-refractivity contribution is 6.04. The maximum absolute atomic E-state index is 11.1. The predicted octanol–water partition coefficient (Wildman–Crippen LogP) is 3.59. The molecule has 6 aromatic rings. The van der Waals surface area contributed by atoms with Gasteiger partial charge in [0.1, 0.15) is 22.8 Å². The van der Waals surface area contributed by atoms with Gasteiger partial charge in [0, 0.05) is 52.6 Å².